The zero-order chi connectivity index (χ0) is 12.1. The predicted octanol–water partition coefficient (Wildman–Crippen LogP) is 3.33. The smallest absolute Gasteiger partial charge is 0.194 e. The summed E-state index contributed by atoms with van der Waals surface area (Å²) in [5.74, 6) is -5.31. The van der Waals surface area contributed by atoms with E-state index in [9.17, 15) is 18.0 Å². The van der Waals surface area contributed by atoms with Gasteiger partial charge in [0.05, 0.1) is 0 Å². The molecule has 0 aromatic heterocycles. The average molecular weight is 269 g/mol. The number of hydrogen-bond acceptors (Lipinski definition) is 1. The molecule has 6 heteroatoms. The molecule has 16 heavy (non-hydrogen) atoms. The number of alkyl halides is 2. The lowest BCUT2D eigenvalue weighted by atomic mass is 9.77. The van der Waals surface area contributed by atoms with Crippen molar-refractivity contribution in [2.45, 2.75) is 16.7 Å². The number of rotatable bonds is 1. The molecule has 1 saturated carbocycles. The Bertz CT molecular complexity index is 450. The van der Waals surface area contributed by atoms with Crippen LogP contribution >= 0.6 is 23.2 Å². The van der Waals surface area contributed by atoms with Gasteiger partial charge in [-0.1, -0.05) is 23.2 Å². The Morgan fingerprint density at radius 2 is 1.69 bits per heavy atom. The fourth-order valence-electron chi connectivity index (χ4n) is 1.62. The van der Waals surface area contributed by atoms with Gasteiger partial charge in [0.15, 0.2) is 27.6 Å². The van der Waals surface area contributed by atoms with Gasteiger partial charge in [0.2, 0.25) is 0 Å². The van der Waals surface area contributed by atoms with Crippen molar-refractivity contribution in [2.24, 2.45) is 0 Å². The van der Waals surface area contributed by atoms with Crippen molar-refractivity contribution in [1.29, 1.82) is 0 Å². The standard InChI is InChI=1S/C10H5Cl2F3O/c11-10(12)5(3-8(10)16)4-1-6(13)9(15)7(14)2-4/h1-2,5H,3H2. The zero-order valence-electron chi connectivity index (χ0n) is 7.74. The average Bonchev–Trinajstić information content (AvgIpc) is 2.21. The maximum absolute atomic E-state index is 12.9. The van der Waals surface area contributed by atoms with Gasteiger partial charge in [-0.2, -0.15) is 0 Å². The second-order valence-electron chi connectivity index (χ2n) is 3.60. The lowest BCUT2D eigenvalue weighted by molar-refractivity contribution is -0.125. The van der Waals surface area contributed by atoms with E-state index in [1.165, 1.54) is 0 Å². The summed E-state index contributed by atoms with van der Waals surface area (Å²) in [6.45, 7) is 0. The molecule has 0 heterocycles. The maximum atomic E-state index is 12.9. The summed E-state index contributed by atoms with van der Waals surface area (Å²) < 4.78 is 36.9. The fourth-order valence-corrected chi connectivity index (χ4v) is 2.18. The first-order valence-electron chi connectivity index (χ1n) is 4.39. The molecule has 1 aromatic carbocycles. The summed E-state index contributed by atoms with van der Waals surface area (Å²) in [7, 11) is 0. The largest absolute Gasteiger partial charge is 0.296 e. The van der Waals surface area contributed by atoms with Gasteiger partial charge < -0.3 is 0 Å². The minimum Gasteiger partial charge on any atom is -0.296 e. The van der Waals surface area contributed by atoms with Crippen LogP contribution in [0.3, 0.4) is 0 Å². The molecule has 0 spiro atoms. The number of carbonyl (C=O) groups excluding carboxylic acids is 1. The van der Waals surface area contributed by atoms with Crippen LogP contribution in [0.1, 0.15) is 17.9 Å². The highest BCUT2D eigenvalue weighted by Crippen LogP contribution is 2.50. The van der Waals surface area contributed by atoms with E-state index < -0.39 is 33.5 Å². The monoisotopic (exact) mass is 268 g/mol. The topological polar surface area (TPSA) is 17.1 Å². The van der Waals surface area contributed by atoms with Gasteiger partial charge in [0.25, 0.3) is 0 Å². The van der Waals surface area contributed by atoms with Crippen LogP contribution in [0.5, 0.6) is 0 Å². The van der Waals surface area contributed by atoms with Crippen LogP contribution in [-0.2, 0) is 4.79 Å². The van der Waals surface area contributed by atoms with Gasteiger partial charge >= 0.3 is 0 Å². The first kappa shape index (κ1) is 11.7. The highest BCUT2D eigenvalue weighted by molar-refractivity contribution is 6.61. The summed E-state index contributed by atoms with van der Waals surface area (Å²) in [6, 6.07) is 1.60. The molecule has 1 atom stereocenters. The summed E-state index contributed by atoms with van der Waals surface area (Å²) in [5, 5.41) is 0. The lowest BCUT2D eigenvalue weighted by Gasteiger charge is -2.38. The second kappa shape index (κ2) is 3.64. The van der Waals surface area contributed by atoms with E-state index in [4.69, 9.17) is 23.2 Å². The van der Waals surface area contributed by atoms with E-state index in [1.54, 1.807) is 0 Å². The van der Waals surface area contributed by atoms with Gasteiger partial charge in [0, 0.05) is 12.3 Å². The van der Waals surface area contributed by atoms with E-state index >= 15 is 0 Å². The van der Waals surface area contributed by atoms with E-state index in [0.29, 0.717) is 0 Å². The van der Waals surface area contributed by atoms with E-state index in [0.717, 1.165) is 12.1 Å². The third-order valence-electron chi connectivity index (χ3n) is 2.61. The van der Waals surface area contributed by atoms with Crippen molar-refractivity contribution in [3.05, 3.63) is 35.1 Å². The van der Waals surface area contributed by atoms with Gasteiger partial charge in [-0.25, -0.2) is 13.2 Å². The van der Waals surface area contributed by atoms with Crippen molar-refractivity contribution in [1.82, 2.24) is 0 Å². The van der Waals surface area contributed by atoms with Crippen LogP contribution < -0.4 is 0 Å². The van der Waals surface area contributed by atoms with Crippen molar-refractivity contribution in [3.63, 3.8) is 0 Å². The number of ketones is 1. The fraction of sp³-hybridized carbons (Fsp3) is 0.300. The van der Waals surface area contributed by atoms with Crippen LogP contribution in [0.25, 0.3) is 0 Å². The number of halogens is 5. The second-order valence-corrected chi connectivity index (χ2v) is 4.99. The molecule has 0 amide bonds. The molecule has 1 nitrogen and oxygen atoms in total. The van der Waals surface area contributed by atoms with Crippen molar-refractivity contribution in [2.75, 3.05) is 0 Å². The number of hydrogen-bond donors (Lipinski definition) is 0. The highest BCUT2D eigenvalue weighted by atomic mass is 35.5. The Morgan fingerprint density at radius 3 is 2.06 bits per heavy atom. The van der Waals surface area contributed by atoms with Crippen molar-refractivity contribution < 1.29 is 18.0 Å². The van der Waals surface area contributed by atoms with Gasteiger partial charge in [-0.15, -0.1) is 0 Å². The normalized spacial score (nSPS) is 23.1. The Kier molecular flexibility index (Phi) is 2.67. The number of carbonyl (C=O) groups is 1. The van der Waals surface area contributed by atoms with Gasteiger partial charge in [-0.05, 0) is 17.7 Å². The molecule has 1 fully saturated rings. The maximum Gasteiger partial charge on any atom is 0.194 e. The van der Waals surface area contributed by atoms with Gasteiger partial charge in [-0.3, -0.25) is 4.79 Å². The molecule has 1 unspecified atom stereocenters. The van der Waals surface area contributed by atoms with Crippen LogP contribution in [0, 0.1) is 17.5 Å². The molecule has 86 valence electrons. The Balaban J connectivity index is 2.40. The highest BCUT2D eigenvalue weighted by Gasteiger charge is 2.53. The molecular formula is C10H5Cl2F3O. The summed E-state index contributed by atoms with van der Waals surface area (Å²) in [4.78, 5) is 11.0. The van der Waals surface area contributed by atoms with E-state index in [1.807, 2.05) is 0 Å². The van der Waals surface area contributed by atoms with E-state index in [-0.39, 0.29) is 12.0 Å². The number of benzene rings is 1. The van der Waals surface area contributed by atoms with Crippen LogP contribution in [-0.4, -0.2) is 10.1 Å². The molecular weight excluding hydrogens is 264 g/mol. The van der Waals surface area contributed by atoms with Crippen LogP contribution in [0.4, 0.5) is 13.2 Å². The number of Topliss-reactive ketones (excluding diaryl/α,β-unsaturated/α-hetero) is 1. The molecule has 1 aliphatic rings. The summed E-state index contributed by atoms with van der Waals surface area (Å²) in [6.07, 6.45) is -0.00247. The molecule has 0 saturated heterocycles. The molecule has 0 N–H and O–H groups in total. The SMILES string of the molecule is O=C1CC(c2cc(F)c(F)c(F)c2)C1(Cl)Cl. The third-order valence-corrected chi connectivity index (χ3v) is 3.56. The molecule has 2 rings (SSSR count). The Morgan fingerprint density at radius 1 is 1.19 bits per heavy atom. The van der Waals surface area contributed by atoms with Gasteiger partial charge in [0.1, 0.15) is 0 Å². The van der Waals surface area contributed by atoms with Crippen LogP contribution in [0.2, 0.25) is 0 Å². The minimum atomic E-state index is -1.67. The van der Waals surface area contributed by atoms with E-state index in [2.05, 4.69) is 0 Å². The molecule has 0 radical (unpaired) electrons. The van der Waals surface area contributed by atoms with Crippen molar-refractivity contribution >= 4 is 29.0 Å². The molecule has 1 aliphatic carbocycles. The first-order valence-corrected chi connectivity index (χ1v) is 5.15. The van der Waals surface area contributed by atoms with Crippen LogP contribution in [0.15, 0.2) is 12.1 Å². The minimum absolute atomic E-state index is 0.00247. The lowest BCUT2D eigenvalue weighted by Crippen LogP contribution is -2.45. The summed E-state index contributed by atoms with van der Waals surface area (Å²) >= 11 is 11.4. The predicted molar refractivity (Wildman–Crippen MR) is 53.1 cm³/mol. The van der Waals surface area contributed by atoms with Crippen molar-refractivity contribution in [3.8, 4) is 0 Å². The quantitative estimate of drug-likeness (QED) is 0.564. The zero-order valence-corrected chi connectivity index (χ0v) is 9.25. The third kappa shape index (κ3) is 1.60. The Hall–Kier alpha value is -0.740. The molecule has 0 aliphatic heterocycles. The Labute approximate surface area is 99.2 Å². The molecule has 0 bridgehead atoms. The molecule has 1 aromatic rings. The first-order chi connectivity index (χ1) is 7.34. The summed E-state index contributed by atoms with van der Waals surface area (Å²) in [5.41, 5.74) is 0.0843.